The predicted molar refractivity (Wildman–Crippen MR) is 104 cm³/mol. The largest absolute Gasteiger partial charge is 0.497 e. The lowest BCUT2D eigenvalue weighted by Crippen LogP contribution is -2.36. The van der Waals surface area contributed by atoms with Crippen molar-refractivity contribution in [1.82, 2.24) is 4.90 Å². The van der Waals surface area contributed by atoms with Gasteiger partial charge in [0.15, 0.2) is 0 Å². The highest BCUT2D eigenvalue weighted by Crippen LogP contribution is 2.45. The van der Waals surface area contributed by atoms with E-state index in [1.54, 1.807) is 18.9 Å². The second kappa shape index (κ2) is 7.93. The molecule has 0 spiro atoms. The highest BCUT2D eigenvalue weighted by atomic mass is 32.2. The SMILES string of the molecule is COc1cccc([C@@H]2CC(=O)N(CCN(C)C)c3ccccc3S2)c1. The van der Waals surface area contributed by atoms with Crippen molar-refractivity contribution >= 4 is 23.4 Å². The smallest absolute Gasteiger partial charge is 0.228 e. The van der Waals surface area contributed by atoms with Gasteiger partial charge in [-0.3, -0.25) is 4.79 Å². The van der Waals surface area contributed by atoms with Crippen molar-refractivity contribution in [1.29, 1.82) is 0 Å². The molecule has 25 heavy (non-hydrogen) atoms. The van der Waals surface area contributed by atoms with Gasteiger partial charge in [0, 0.05) is 29.7 Å². The van der Waals surface area contributed by atoms with E-state index in [9.17, 15) is 4.79 Å². The highest BCUT2D eigenvalue weighted by molar-refractivity contribution is 7.99. The summed E-state index contributed by atoms with van der Waals surface area (Å²) in [6, 6.07) is 16.2. The van der Waals surface area contributed by atoms with Gasteiger partial charge in [-0.1, -0.05) is 24.3 Å². The van der Waals surface area contributed by atoms with Gasteiger partial charge in [-0.15, -0.1) is 11.8 Å². The van der Waals surface area contributed by atoms with E-state index in [1.165, 1.54) is 0 Å². The molecule has 1 aliphatic rings. The average molecular weight is 356 g/mol. The van der Waals surface area contributed by atoms with E-state index < -0.39 is 0 Å². The fourth-order valence-electron chi connectivity index (χ4n) is 2.95. The predicted octanol–water partition coefficient (Wildman–Crippen LogP) is 3.83. The first kappa shape index (κ1) is 17.8. The van der Waals surface area contributed by atoms with Crippen LogP contribution < -0.4 is 9.64 Å². The molecule has 1 aliphatic heterocycles. The maximum Gasteiger partial charge on any atom is 0.228 e. The van der Waals surface area contributed by atoms with Gasteiger partial charge in [0.05, 0.1) is 12.8 Å². The number of anilines is 1. The summed E-state index contributed by atoms with van der Waals surface area (Å²) in [5.74, 6) is 1.000. The molecule has 0 fully saturated rings. The first-order valence-corrected chi connectivity index (χ1v) is 9.31. The molecule has 0 aromatic heterocycles. The summed E-state index contributed by atoms with van der Waals surface area (Å²) in [4.78, 5) is 18.2. The van der Waals surface area contributed by atoms with E-state index in [1.807, 2.05) is 55.4 Å². The molecule has 2 aromatic rings. The molecule has 5 heteroatoms. The average Bonchev–Trinajstić information content (AvgIpc) is 2.76. The quantitative estimate of drug-likeness (QED) is 0.815. The number of hydrogen-bond donors (Lipinski definition) is 0. The summed E-state index contributed by atoms with van der Waals surface area (Å²) in [7, 11) is 5.73. The summed E-state index contributed by atoms with van der Waals surface area (Å²) in [6.45, 7) is 1.54. The number of methoxy groups -OCH3 is 1. The van der Waals surface area contributed by atoms with Crippen LogP contribution in [-0.2, 0) is 4.79 Å². The molecule has 2 aromatic carbocycles. The van der Waals surface area contributed by atoms with Crippen molar-refractivity contribution in [2.24, 2.45) is 0 Å². The topological polar surface area (TPSA) is 32.8 Å². The normalized spacial score (nSPS) is 17.4. The summed E-state index contributed by atoms with van der Waals surface area (Å²) >= 11 is 1.76. The second-order valence-corrected chi connectivity index (χ2v) is 7.65. The zero-order valence-electron chi connectivity index (χ0n) is 14.9. The lowest BCUT2D eigenvalue weighted by atomic mass is 10.1. The number of hydrogen-bond acceptors (Lipinski definition) is 4. The van der Waals surface area contributed by atoms with E-state index in [4.69, 9.17) is 4.74 Å². The molecule has 1 heterocycles. The molecule has 1 amide bonds. The molecule has 1 atom stereocenters. The molecule has 0 unspecified atom stereocenters. The minimum Gasteiger partial charge on any atom is -0.497 e. The number of amides is 1. The van der Waals surface area contributed by atoms with Gasteiger partial charge in [0.1, 0.15) is 5.75 Å². The highest BCUT2D eigenvalue weighted by Gasteiger charge is 2.29. The fraction of sp³-hybridized carbons (Fsp3) is 0.350. The van der Waals surface area contributed by atoms with Crippen molar-refractivity contribution in [2.75, 3.05) is 39.2 Å². The van der Waals surface area contributed by atoms with Gasteiger partial charge >= 0.3 is 0 Å². The second-order valence-electron chi connectivity index (χ2n) is 6.40. The Bertz CT molecular complexity index is 748. The lowest BCUT2D eigenvalue weighted by Gasteiger charge is -2.24. The van der Waals surface area contributed by atoms with Crippen LogP contribution in [0.2, 0.25) is 0 Å². The Balaban J connectivity index is 1.93. The van der Waals surface area contributed by atoms with Crippen LogP contribution in [-0.4, -0.2) is 45.1 Å². The first-order valence-electron chi connectivity index (χ1n) is 8.43. The van der Waals surface area contributed by atoms with Gasteiger partial charge in [-0.05, 0) is 43.9 Å². The number of para-hydroxylation sites is 1. The van der Waals surface area contributed by atoms with Crippen LogP contribution in [0.1, 0.15) is 17.2 Å². The molecule has 0 saturated carbocycles. The number of thioether (sulfide) groups is 1. The zero-order chi connectivity index (χ0) is 17.8. The summed E-state index contributed by atoms with van der Waals surface area (Å²) in [5, 5.41) is 0.0908. The van der Waals surface area contributed by atoms with Crippen molar-refractivity contribution in [3.63, 3.8) is 0 Å². The molecule has 3 rings (SSSR count). The fourth-order valence-corrected chi connectivity index (χ4v) is 4.22. The van der Waals surface area contributed by atoms with Gasteiger partial charge in [0.2, 0.25) is 5.91 Å². The van der Waals surface area contributed by atoms with E-state index in [-0.39, 0.29) is 11.2 Å². The Morgan fingerprint density at radius 3 is 2.76 bits per heavy atom. The van der Waals surface area contributed by atoms with Crippen molar-refractivity contribution in [2.45, 2.75) is 16.6 Å². The van der Waals surface area contributed by atoms with Gasteiger partial charge in [-0.2, -0.15) is 0 Å². The van der Waals surface area contributed by atoms with E-state index >= 15 is 0 Å². The molecule has 0 radical (unpaired) electrons. The molecular formula is C20H24N2O2S. The molecule has 0 saturated heterocycles. The standard InChI is InChI=1S/C20H24N2O2S/c1-21(2)11-12-22-17-9-4-5-10-18(17)25-19(14-20(22)23)15-7-6-8-16(13-15)24-3/h4-10,13,19H,11-12,14H2,1-3H3/t19-/m0/s1. The number of ether oxygens (including phenoxy) is 1. The summed E-state index contributed by atoms with van der Waals surface area (Å²) in [6.07, 6.45) is 0.486. The van der Waals surface area contributed by atoms with Crippen LogP contribution >= 0.6 is 11.8 Å². The number of fused-ring (bicyclic) bond motifs is 1. The number of carbonyl (C=O) groups is 1. The number of benzene rings is 2. The van der Waals surface area contributed by atoms with Crippen LogP contribution in [0, 0.1) is 0 Å². The van der Waals surface area contributed by atoms with Crippen LogP contribution in [0.15, 0.2) is 53.4 Å². The van der Waals surface area contributed by atoms with Crippen molar-refractivity contribution in [3.05, 3.63) is 54.1 Å². The van der Waals surface area contributed by atoms with Crippen LogP contribution in [0.3, 0.4) is 0 Å². The van der Waals surface area contributed by atoms with E-state index in [0.717, 1.165) is 28.4 Å². The molecule has 0 bridgehead atoms. The van der Waals surface area contributed by atoms with E-state index in [0.29, 0.717) is 13.0 Å². The van der Waals surface area contributed by atoms with Crippen molar-refractivity contribution < 1.29 is 9.53 Å². The third kappa shape index (κ3) is 4.17. The van der Waals surface area contributed by atoms with Gasteiger partial charge in [-0.25, -0.2) is 0 Å². The Labute approximate surface area is 153 Å². The maximum atomic E-state index is 13.0. The third-order valence-corrected chi connectivity index (χ3v) is 5.65. The Kier molecular flexibility index (Phi) is 5.66. The lowest BCUT2D eigenvalue weighted by molar-refractivity contribution is -0.118. The van der Waals surface area contributed by atoms with Crippen LogP contribution in [0.5, 0.6) is 5.75 Å². The van der Waals surface area contributed by atoms with Gasteiger partial charge < -0.3 is 14.5 Å². The molecular weight excluding hydrogens is 332 g/mol. The monoisotopic (exact) mass is 356 g/mol. The van der Waals surface area contributed by atoms with Crippen LogP contribution in [0.25, 0.3) is 0 Å². The zero-order valence-corrected chi connectivity index (χ0v) is 15.8. The molecule has 132 valence electrons. The van der Waals surface area contributed by atoms with Gasteiger partial charge in [0.25, 0.3) is 0 Å². The number of carbonyl (C=O) groups excluding carboxylic acids is 1. The number of nitrogens with zero attached hydrogens (tertiary/aromatic N) is 2. The minimum atomic E-state index is 0.0908. The van der Waals surface area contributed by atoms with E-state index in [2.05, 4.69) is 17.0 Å². The molecule has 4 nitrogen and oxygen atoms in total. The summed E-state index contributed by atoms with van der Waals surface area (Å²) < 4.78 is 5.35. The minimum absolute atomic E-state index is 0.0908. The number of rotatable bonds is 5. The van der Waals surface area contributed by atoms with Crippen molar-refractivity contribution in [3.8, 4) is 5.75 Å². The Morgan fingerprint density at radius 1 is 1.20 bits per heavy atom. The molecule has 0 aliphatic carbocycles. The summed E-state index contributed by atoms with van der Waals surface area (Å²) in [5.41, 5.74) is 2.15. The van der Waals surface area contributed by atoms with Crippen LogP contribution in [0.4, 0.5) is 5.69 Å². The first-order chi connectivity index (χ1) is 12.1. The Morgan fingerprint density at radius 2 is 2.00 bits per heavy atom. The number of likely N-dealkylation sites (N-methyl/N-ethyl adjacent to an activating group) is 1. The molecule has 0 N–H and O–H groups in total. The third-order valence-electron chi connectivity index (χ3n) is 4.32. The maximum absolute atomic E-state index is 13.0. The Hall–Kier alpha value is -1.98.